The van der Waals surface area contributed by atoms with Crippen LogP contribution in [0.1, 0.15) is 30.0 Å². The third-order valence-electron chi connectivity index (χ3n) is 4.76. The lowest BCUT2D eigenvalue weighted by atomic mass is 9.89. The summed E-state index contributed by atoms with van der Waals surface area (Å²) >= 11 is 0. The Morgan fingerprint density at radius 2 is 1.29 bits per heavy atom. The summed E-state index contributed by atoms with van der Waals surface area (Å²) < 4.78 is 5.80. The van der Waals surface area contributed by atoms with Crippen molar-refractivity contribution in [2.24, 2.45) is 0 Å². The van der Waals surface area contributed by atoms with Crippen molar-refractivity contribution in [2.45, 2.75) is 19.8 Å². The fourth-order valence-corrected chi connectivity index (χ4v) is 3.37. The van der Waals surface area contributed by atoms with Crippen LogP contribution in [0.2, 0.25) is 0 Å². The van der Waals surface area contributed by atoms with Gasteiger partial charge in [0.05, 0.1) is 0 Å². The summed E-state index contributed by atoms with van der Waals surface area (Å²) in [6.07, 6.45) is 1.90. The van der Waals surface area contributed by atoms with E-state index in [1.54, 1.807) is 0 Å². The quantitative estimate of drug-likeness (QED) is 0.348. The first-order valence-electron chi connectivity index (χ1n) is 9.86. The lowest BCUT2D eigenvalue weighted by molar-refractivity contribution is 0.179. The first kappa shape index (κ1) is 19.9. The van der Waals surface area contributed by atoms with Gasteiger partial charge in [-0.2, -0.15) is 0 Å². The Morgan fingerprint density at radius 1 is 0.714 bits per heavy atom. The average Bonchev–Trinajstić information content (AvgIpc) is 2.74. The molecule has 144 valence electrons. The second kappa shape index (κ2) is 9.91. The largest absolute Gasteiger partial charge is 0.478 e. The highest BCUT2D eigenvalue weighted by atomic mass is 16.5. The number of hydrogen-bond acceptors (Lipinski definition) is 2. The summed E-state index contributed by atoms with van der Waals surface area (Å²) in [5, 5.41) is 0. The zero-order chi connectivity index (χ0) is 19.8. The van der Waals surface area contributed by atoms with Crippen LogP contribution in [0.15, 0.2) is 84.9 Å². The molecule has 0 bridgehead atoms. The average molecular weight is 372 g/mol. The van der Waals surface area contributed by atoms with Crippen molar-refractivity contribution < 1.29 is 4.74 Å². The van der Waals surface area contributed by atoms with Gasteiger partial charge in [-0.15, -0.1) is 0 Å². The van der Waals surface area contributed by atoms with Crippen molar-refractivity contribution >= 4 is 11.1 Å². The molecule has 0 aromatic heterocycles. The molecule has 0 heterocycles. The van der Waals surface area contributed by atoms with Crippen LogP contribution in [0.25, 0.3) is 11.1 Å². The summed E-state index contributed by atoms with van der Waals surface area (Å²) in [4.78, 5) is 2.01. The van der Waals surface area contributed by atoms with Crippen LogP contribution in [-0.2, 0) is 6.42 Å². The van der Waals surface area contributed by atoms with Gasteiger partial charge >= 0.3 is 0 Å². The molecule has 0 N–H and O–H groups in total. The Bertz CT molecular complexity index is 881. The highest BCUT2D eigenvalue weighted by molar-refractivity contribution is 5.91. The van der Waals surface area contributed by atoms with Crippen LogP contribution in [0.4, 0.5) is 0 Å². The zero-order valence-corrected chi connectivity index (χ0v) is 17.1. The minimum absolute atomic E-state index is 0.580. The maximum Gasteiger partial charge on any atom is 0.141 e. The molecule has 0 aliphatic carbocycles. The van der Waals surface area contributed by atoms with Crippen LogP contribution in [0.3, 0.4) is 0 Å². The molecule has 0 saturated heterocycles. The molecule has 0 radical (unpaired) electrons. The maximum atomic E-state index is 5.80. The molecule has 3 aromatic rings. The smallest absolute Gasteiger partial charge is 0.141 e. The normalized spacial score (nSPS) is 12.0. The van der Waals surface area contributed by atoms with Crippen LogP contribution < -0.4 is 4.74 Å². The Morgan fingerprint density at radius 3 is 1.86 bits per heavy atom. The van der Waals surface area contributed by atoms with Crippen molar-refractivity contribution in [3.8, 4) is 5.75 Å². The summed E-state index contributed by atoms with van der Waals surface area (Å²) in [5.74, 6) is 0.897. The molecule has 0 aliphatic heterocycles. The SMILES string of the molecule is CC/C(=C(\Cc1ccccc1)c1ccc(OCN(C)C)cc1)c1ccccc1. The fraction of sp³-hybridized carbons (Fsp3) is 0.231. The molecule has 0 atom stereocenters. The molecule has 0 saturated carbocycles. The molecule has 3 rings (SSSR count). The van der Waals surface area contributed by atoms with E-state index < -0.39 is 0 Å². The lowest BCUT2D eigenvalue weighted by Crippen LogP contribution is -2.18. The van der Waals surface area contributed by atoms with Crippen molar-refractivity contribution in [1.82, 2.24) is 4.90 Å². The first-order valence-corrected chi connectivity index (χ1v) is 9.86. The van der Waals surface area contributed by atoms with E-state index in [4.69, 9.17) is 4.74 Å². The molecule has 0 spiro atoms. The summed E-state index contributed by atoms with van der Waals surface area (Å²) in [6, 6.07) is 29.9. The molecule has 0 aliphatic rings. The molecule has 0 fully saturated rings. The number of hydrogen-bond donors (Lipinski definition) is 0. The van der Waals surface area contributed by atoms with Gasteiger partial charge in [0.25, 0.3) is 0 Å². The number of benzene rings is 3. The van der Waals surface area contributed by atoms with Gasteiger partial charge in [0.2, 0.25) is 0 Å². The number of ether oxygens (including phenoxy) is 1. The summed E-state index contributed by atoms with van der Waals surface area (Å²) in [5.41, 5.74) is 6.64. The number of allylic oxidation sites excluding steroid dienone is 2. The summed E-state index contributed by atoms with van der Waals surface area (Å²) in [6.45, 7) is 2.82. The van der Waals surface area contributed by atoms with Crippen molar-refractivity contribution in [2.75, 3.05) is 20.8 Å². The molecule has 0 amide bonds. The monoisotopic (exact) mass is 371 g/mol. The third kappa shape index (κ3) is 5.34. The van der Waals surface area contributed by atoms with E-state index in [1.807, 2.05) is 19.0 Å². The number of nitrogens with zero attached hydrogens (tertiary/aromatic N) is 1. The predicted octanol–water partition coefficient (Wildman–Crippen LogP) is 6.15. The molecular formula is C26H29NO. The van der Waals surface area contributed by atoms with Crippen LogP contribution >= 0.6 is 0 Å². The standard InChI is InChI=1S/C26H29NO/c1-4-25(22-13-9-6-10-14-22)26(19-21-11-7-5-8-12-21)23-15-17-24(18-16-23)28-20-27(2)3/h5-18H,4,19-20H2,1-3H3/b26-25-. The van der Waals surface area contributed by atoms with E-state index in [9.17, 15) is 0 Å². The second-order valence-corrected chi connectivity index (χ2v) is 7.22. The van der Waals surface area contributed by atoms with Gasteiger partial charge < -0.3 is 4.74 Å². The van der Waals surface area contributed by atoms with Crippen molar-refractivity contribution in [1.29, 1.82) is 0 Å². The van der Waals surface area contributed by atoms with E-state index in [1.165, 1.54) is 27.8 Å². The van der Waals surface area contributed by atoms with E-state index in [0.29, 0.717) is 6.73 Å². The van der Waals surface area contributed by atoms with Gasteiger partial charge in [-0.3, -0.25) is 4.90 Å². The van der Waals surface area contributed by atoms with E-state index in [2.05, 4.69) is 91.9 Å². The minimum Gasteiger partial charge on any atom is -0.478 e. The molecule has 28 heavy (non-hydrogen) atoms. The fourth-order valence-electron chi connectivity index (χ4n) is 3.37. The molecule has 2 nitrogen and oxygen atoms in total. The van der Waals surface area contributed by atoms with E-state index >= 15 is 0 Å². The first-order chi connectivity index (χ1) is 13.7. The van der Waals surface area contributed by atoms with Crippen molar-refractivity contribution in [3.63, 3.8) is 0 Å². The van der Waals surface area contributed by atoms with Gasteiger partial charge in [-0.1, -0.05) is 79.7 Å². The molecule has 0 unspecified atom stereocenters. The Hall–Kier alpha value is -2.84. The zero-order valence-electron chi connectivity index (χ0n) is 17.1. The van der Waals surface area contributed by atoms with E-state index in [0.717, 1.165) is 18.6 Å². The second-order valence-electron chi connectivity index (χ2n) is 7.22. The van der Waals surface area contributed by atoms with Crippen LogP contribution in [-0.4, -0.2) is 25.7 Å². The highest BCUT2D eigenvalue weighted by Crippen LogP contribution is 2.32. The van der Waals surface area contributed by atoms with Crippen LogP contribution in [0, 0.1) is 0 Å². The molecular weight excluding hydrogens is 342 g/mol. The van der Waals surface area contributed by atoms with Gasteiger partial charge in [0.1, 0.15) is 12.5 Å². The Balaban J connectivity index is 1.99. The van der Waals surface area contributed by atoms with Gasteiger partial charge in [0.15, 0.2) is 0 Å². The van der Waals surface area contributed by atoms with Gasteiger partial charge in [-0.05, 0) is 66.9 Å². The Kier molecular flexibility index (Phi) is 7.05. The summed E-state index contributed by atoms with van der Waals surface area (Å²) in [7, 11) is 4.00. The lowest BCUT2D eigenvalue weighted by Gasteiger charge is -2.17. The number of rotatable bonds is 8. The van der Waals surface area contributed by atoms with Crippen LogP contribution in [0.5, 0.6) is 5.75 Å². The predicted molar refractivity (Wildman–Crippen MR) is 119 cm³/mol. The maximum absolute atomic E-state index is 5.80. The Labute approximate surface area is 169 Å². The van der Waals surface area contributed by atoms with E-state index in [-0.39, 0.29) is 0 Å². The topological polar surface area (TPSA) is 12.5 Å². The van der Waals surface area contributed by atoms with Gasteiger partial charge in [0, 0.05) is 0 Å². The highest BCUT2D eigenvalue weighted by Gasteiger charge is 2.12. The van der Waals surface area contributed by atoms with Gasteiger partial charge in [-0.25, -0.2) is 0 Å². The van der Waals surface area contributed by atoms with Crippen molar-refractivity contribution in [3.05, 3.63) is 102 Å². The molecule has 3 aromatic carbocycles. The molecule has 2 heteroatoms. The minimum atomic E-state index is 0.580. The third-order valence-corrected chi connectivity index (χ3v) is 4.76.